The van der Waals surface area contributed by atoms with E-state index in [0.717, 1.165) is 16.9 Å². The molecular weight excluding hydrogens is 306 g/mol. The summed E-state index contributed by atoms with van der Waals surface area (Å²) in [7, 11) is 1.32. The van der Waals surface area contributed by atoms with E-state index in [1.807, 2.05) is 6.92 Å². The average Bonchev–Trinajstić information content (AvgIpc) is 3.04. The van der Waals surface area contributed by atoms with Gasteiger partial charge in [-0.25, -0.2) is 4.79 Å². The molecule has 2 aromatic rings. The van der Waals surface area contributed by atoms with Gasteiger partial charge < -0.3 is 10.1 Å². The summed E-state index contributed by atoms with van der Waals surface area (Å²) in [6.45, 7) is 6.06. The zero-order valence-electron chi connectivity index (χ0n) is 12.4. The van der Waals surface area contributed by atoms with Crippen molar-refractivity contribution in [2.75, 3.05) is 7.11 Å². The maximum absolute atomic E-state index is 12.2. The Balaban J connectivity index is 2.09. The van der Waals surface area contributed by atoms with Crippen LogP contribution >= 0.6 is 22.7 Å². The van der Waals surface area contributed by atoms with Gasteiger partial charge in [0.1, 0.15) is 4.88 Å². The number of ether oxygens (including phenoxy) is 1. The molecule has 2 heterocycles. The molecule has 2 rings (SSSR count). The van der Waals surface area contributed by atoms with Gasteiger partial charge in [0.2, 0.25) is 0 Å². The molecule has 1 amide bonds. The zero-order valence-corrected chi connectivity index (χ0v) is 14.0. The van der Waals surface area contributed by atoms with Crippen molar-refractivity contribution < 1.29 is 14.3 Å². The fourth-order valence-electron chi connectivity index (χ4n) is 2.10. The lowest BCUT2D eigenvalue weighted by molar-refractivity contribution is 0.0606. The third-order valence-electron chi connectivity index (χ3n) is 3.11. The molecule has 0 fully saturated rings. The average molecular weight is 323 g/mol. The first-order valence-electron chi connectivity index (χ1n) is 6.48. The minimum absolute atomic E-state index is 0.0638. The fraction of sp³-hybridized carbons (Fsp3) is 0.333. The highest BCUT2D eigenvalue weighted by atomic mass is 32.1. The van der Waals surface area contributed by atoms with Crippen LogP contribution < -0.4 is 5.32 Å². The van der Waals surface area contributed by atoms with Gasteiger partial charge in [-0.3, -0.25) is 4.79 Å². The SMILES string of the molecule is COC(=O)c1ccc(C(=O)NC(C)c2cc(C)sc2C)s1. The van der Waals surface area contributed by atoms with Crippen molar-refractivity contribution in [1.82, 2.24) is 5.32 Å². The van der Waals surface area contributed by atoms with Gasteiger partial charge in [0.05, 0.1) is 18.0 Å². The Bertz CT molecular complexity index is 672. The molecule has 6 heteroatoms. The summed E-state index contributed by atoms with van der Waals surface area (Å²) in [6.07, 6.45) is 0. The van der Waals surface area contributed by atoms with Crippen molar-refractivity contribution in [3.63, 3.8) is 0 Å². The Labute approximate surface area is 131 Å². The summed E-state index contributed by atoms with van der Waals surface area (Å²) in [6, 6.07) is 5.28. The van der Waals surface area contributed by atoms with E-state index < -0.39 is 5.97 Å². The lowest BCUT2D eigenvalue weighted by atomic mass is 10.1. The molecule has 0 aliphatic heterocycles. The van der Waals surface area contributed by atoms with E-state index in [2.05, 4.69) is 30.0 Å². The van der Waals surface area contributed by atoms with Gasteiger partial charge in [0.15, 0.2) is 0 Å². The molecule has 21 heavy (non-hydrogen) atoms. The summed E-state index contributed by atoms with van der Waals surface area (Å²) < 4.78 is 4.64. The van der Waals surface area contributed by atoms with Crippen molar-refractivity contribution in [2.24, 2.45) is 0 Å². The van der Waals surface area contributed by atoms with Crippen LogP contribution in [0.4, 0.5) is 0 Å². The van der Waals surface area contributed by atoms with E-state index in [0.29, 0.717) is 9.75 Å². The van der Waals surface area contributed by atoms with E-state index in [4.69, 9.17) is 0 Å². The first-order chi connectivity index (χ1) is 9.92. The quantitative estimate of drug-likeness (QED) is 0.873. The molecule has 0 aromatic carbocycles. The standard InChI is InChI=1S/C15H17NO3S2/c1-8-7-11(10(3)20-8)9(2)16-14(17)12-5-6-13(21-12)15(18)19-4/h5-7,9H,1-4H3,(H,16,17). The summed E-state index contributed by atoms with van der Waals surface area (Å²) in [5.74, 6) is -0.595. The Morgan fingerprint density at radius 2 is 1.86 bits per heavy atom. The van der Waals surface area contributed by atoms with Crippen LogP contribution in [0.15, 0.2) is 18.2 Å². The molecule has 0 saturated heterocycles. The smallest absolute Gasteiger partial charge is 0.348 e. The van der Waals surface area contributed by atoms with Crippen LogP contribution in [0.1, 0.15) is 47.6 Å². The van der Waals surface area contributed by atoms with Crippen LogP contribution in [-0.4, -0.2) is 19.0 Å². The van der Waals surface area contributed by atoms with Crippen molar-refractivity contribution >= 4 is 34.6 Å². The van der Waals surface area contributed by atoms with E-state index in [-0.39, 0.29) is 11.9 Å². The molecular formula is C15H17NO3S2. The van der Waals surface area contributed by atoms with E-state index >= 15 is 0 Å². The number of hydrogen-bond acceptors (Lipinski definition) is 5. The summed E-state index contributed by atoms with van der Waals surface area (Å²) in [4.78, 5) is 27.0. The Kier molecular flexibility index (Phi) is 4.80. The monoisotopic (exact) mass is 323 g/mol. The molecule has 0 aliphatic carbocycles. The number of esters is 1. The second-order valence-electron chi connectivity index (χ2n) is 4.72. The largest absolute Gasteiger partial charge is 0.465 e. The molecule has 0 radical (unpaired) electrons. The van der Waals surface area contributed by atoms with E-state index in [1.54, 1.807) is 23.5 Å². The minimum Gasteiger partial charge on any atom is -0.465 e. The lowest BCUT2D eigenvalue weighted by Gasteiger charge is -2.13. The predicted molar refractivity (Wildman–Crippen MR) is 85.3 cm³/mol. The number of methoxy groups -OCH3 is 1. The van der Waals surface area contributed by atoms with Gasteiger partial charge in [0.25, 0.3) is 5.91 Å². The highest BCUT2D eigenvalue weighted by Gasteiger charge is 2.18. The van der Waals surface area contributed by atoms with Crippen LogP contribution in [0.3, 0.4) is 0 Å². The van der Waals surface area contributed by atoms with Gasteiger partial charge in [-0.15, -0.1) is 22.7 Å². The summed E-state index contributed by atoms with van der Waals surface area (Å²) >= 11 is 2.86. The number of hydrogen-bond donors (Lipinski definition) is 1. The van der Waals surface area contributed by atoms with Crippen LogP contribution in [0.2, 0.25) is 0 Å². The molecule has 2 aromatic heterocycles. The third-order valence-corrected chi connectivity index (χ3v) is 5.16. The number of carbonyl (C=O) groups excluding carboxylic acids is 2. The molecule has 1 unspecified atom stereocenters. The highest BCUT2D eigenvalue weighted by Crippen LogP contribution is 2.27. The van der Waals surface area contributed by atoms with Crippen LogP contribution in [0, 0.1) is 13.8 Å². The first-order valence-corrected chi connectivity index (χ1v) is 8.11. The Morgan fingerprint density at radius 1 is 1.19 bits per heavy atom. The summed E-state index contributed by atoms with van der Waals surface area (Å²) in [5, 5.41) is 2.96. The first kappa shape index (κ1) is 15.7. The zero-order chi connectivity index (χ0) is 15.6. The second kappa shape index (κ2) is 6.41. The Hall–Kier alpha value is -1.66. The highest BCUT2D eigenvalue weighted by molar-refractivity contribution is 7.15. The number of thiophene rings is 2. The number of amides is 1. The third kappa shape index (κ3) is 3.51. The molecule has 112 valence electrons. The second-order valence-corrected chi connectivity index (χ2v) is 7.26. The molecule has 0 spiro atoms. The Morgan fingerprint density at radius 3 is 2.43 bits per heavy atom. The molecule has 4 nitrogen and oxygen atoms in total. The molecule has 1 N–H and O–H groups in total. The summed E-state index contributed by atoms with van der Waals surface area (Å²) in [5.41, 5.74) is 1.13. The predicted octanol–water partition coefficient (Wildman–Crippen LogP) is 3.70. The van der Waals surface area contributed by atoms with Crippen molar-refractivity contribution in [3.8, 4) is 0 Å². The van der Waals surface area contributed by atoms with Crippen molar-refractivity contribution in [2.45, 2.75) is 26.8 Å². The maximum atomic E-state index is 12.2. The van der Waals surface area contributed by atoms with Gasteiger partial charge >= 0.3 is 5.97 Å². The van der Waals surface area contributed by atoms with Gasteiger partial charge in [-0.1, -0.05) is 0 Å². The molecule has 0 aliphatic rings. The number of aryl methyl sites for hydroxylation is 2. The molecule has 1 atom stereocenters. The maximum Gasteiger partial charge on any atom is 0.348 e. The van der Waals surface area contributed by atoms with Crippen molar-refractivity contribution in [3.05, 3.63) is 43.3 Å². The van der Waals surface area contributed by atoms with E-state index in [9.17, 15) is 9.59 Å². The van der Waals surface area contributed by atoms with E-state index in [1.165, 1.54) is 16.9 Å². The van der Waals surface area contributed by atoms with Gasteiger partial charge in [0, 0.05) is 9.75 Å². The van der Waals surface area contributed by atoms with Crippen LogP contribution in [0.5, 0.6) is 0 Å². The number of rotatable bonds is 4. The van der Waals surface area contributed by atoms with Gasteiger partial charge in [-0.05, 0) is 44.5 Å². The number of carbonyl (C=O) groups is 2. The number of nitrogens with one attached hydrogen (secondary N) is 1. The molecule has 0 saturated carbocycles. The van der Waals surface area contributed by atoms with Gasteiger partial charge in [-0.2, -0.15) is 0 Å². The fourth-order valence-corrected chi connectivity index (χ4v) is 3.95. The topological polar surface area (TPSA) is 55.4 Å². The minimum atomic E-state index is -0.420. The molecule has 0 bridgehead atoms. The van der Waals surface area contributed by atoms with Crippen molar-refractivity contribution in [1.29, 1.82) is 0 Å². The van der Waals surface area contributed by atoms with Crippen LogP contribution in [-0.2, 0) is 4.74 Å². The van der Waals surface area contributed by atoms with Crippen LogP contribution in [0.25, 0.3) is 0 Å². The normalized spacial score (nSPS) is 12.0. The lowest BCUT2D eigenvalue weighted by Crippen LogP contribution is -2.25.